The molecule has 2 aromatic carbocycles. The van der Waals surface area contributed by atoms with E-state index < -0.39 is 0 Å². The maximum Gasteiger partial charge on any atom is 0.240 e. The van der Waals surface area contributed by atoms with E-state index in [1.54, 1.807) is 12.1 Å². The lowest BCUT2D eigenvalue weighted by Gasteiger charge is -2.12. The van der Waals surface area contributed by atoms with Crippen LogP contribution in [-0.2, 0) is 38.4 Å². The second-order valence-electron chi connectivity index (χ2n) is 9.86. The number of benzene rings is 2. The van der Waals surface area contributed by atoms with Gasteiger partial charge in [0.2, 0.25) is 6.08 Å². The number of Topliss-reactive ketones (excluding diaryl/α,β-unsaturated/α-hetero) is 3. The molecule has 0 unspecified atom stereocenters. The number of rotatable bonds is 10. The summed E-state index contributed by atoms with van der Waals surface area (Å²) in [6, 6.07) is 11.3. The van der Waals surface area contributed by atoms with Gasteiger partial charge in [-0.25, -0.2) is 4.79 Å². The van der Waals surface area contributed by atoms with E-state index >= 15 is 0 Å². The minimum Gasteiger partial charge on any atom is -0.299 e. The highest BCUT2D eigenvalue weighted by atomic mass is 16.1. The summed E-state index contributed by atoms with van der Waals surface area (Å²) in [7, 11) is 0. The molecule has 0 aromatic heterocycles. The lowest BCUT2D eigenvalue weighted by molar-refractivity contribution is -0.122. The Balaban J connectivity index is 0.000000355. The van der Waals surface area contributed by atoms with E-state index in [0.717, 1.165) is 27.8 Å². The van der Waals surface area contributed by atoms with Gasteiger partial charge in [0, 0.05) is 37.0 Å². The zero-order valence-corrected chi connectivity index (χ0v) is 22.4. The molecular weight excluding hydrogens is 438 g/mol. The lowest BCUT2D eigenvalue weighted by atomic mass is 9.91. The monoisotopic (exact) mass is 477 g/mol. The van der Waals surface area contributed by atoms with Gasteiger partial charge in [0.15, 0.2) is 0 Å². The van der Waals surface area contributed by atoms with Crippen molar-refractivity contribution in [2.75, 3.05) is 0 Å². The molecule has 0 spiro atoms. The number of nitrogens with zero attached hydrogens (tertiary/aromatic N) is 1. The smallest absolute Gasteiger partial charge is 0.240 e. The van der Waals surface area contributed by atoms with Crippen LogP contribution >= 0.6 is 0 Å². The van der Waals surface area contributed by atoms with Gasteiger partial charge in [0.25, 0.3) is 0 Å². The van der Waals surface area contributed by atoms with Crippen molar-refractivity contribution in [3.05, 3.63) is 64.2 Å². The average molecular weight is 478 g/mol. The van der Waals surface area contributed by atoms with Gasteiger partial charge in [-0.05, 0) is 47.7 Å². The van der Waals surface area contributed by atoms with E-state index in [0.29, 0.717) is 24.9 Å². The van der Waals surface area contributed by atoms with Crippen LogP contribution in [0.3, 0.4) is 0 Å². The zero-order chi connectivity index (χ0) is 26.7. The molecule has 2 aromatic rings. The molecule has 0 bridgehead atoms. The molecule has 0 heterocycles. The normalized spacial score (nSPS) is 10.6. The van der Waals surface area contributed by atoms with Crippen molar-refractivity contribution in [3.63, 3.8) is 0 Å². The topological polar surface area (TPSA) is 80.6 Å². The third-order valence-corrected chi connectivity index (χ3v) is 6.17. The number of carbonyl (C=O) groups is 3. The minimum absolute atomic E-state index is 0.0256. The van der Waals surface area contributed by atoms with Crippen LogP contribution in [0.5, 0.6) is 0 Å². The summed E-state index contributed by atoms with van der Waals surface area (Å²) in [5, 5.41) is 0. The predicted octanol–water partition coefficient (Wildman–Crippen LogP) is 6.26. The highest BCUT2D eigenvalue weighted by Gasteiger charge is 2.15. The van der Waals surface area contributed by atoms with Crippen molar-refractivity contribution in [1.29, 1.82) is 0 Å². The van der Waals surface area contributed by atoms with Crippen LogP contribution in [0.4, 0.5) is 5.69 Å². The lowest BCUT2D eigenvalue weighted by Crippen LogP contribution is -2.14. The van der Waals surface area contributed by atoms with Gasteiger partial charge in [0.05, 0.1) is 5.69 Å². The van der Waals surface area contributed by atoms with Crippen molar-refractivity contribution < 1.29 is 19.2 Å². The van der Waals surface area contributed by atoms with Crippen molar-refractivity contribution >= 4 is 29.1 Å². The van der Waals surface area contributed by atoms with E-state index in [1.165, 1.54) is 6.08 Å². The number of isocyanates is 1. The van der Waals surface area contributed by atoms with Gasteiger partial charge in [-0.15, -0.1) is 0 Å². The molecule has 0 saturated carbocycles. The summed E-state index contributed by atoms with van der Waals surface area (Å²) in [4.78, 5) is 49.1. The first-order valence-corrected chi connectivity index (χ1v) is 12.2. The number of carbonyl (C=O) groups excluding carboxylic acids is 4. The summed E-state index contributed by atoms with van der Waals surface area (Å²) >= 11 is 0. The molecule has 0 amide bonds. The summed E-state index contributed by atoms with van der Waals surface area (Å²) in [6.07, 6.45) is 2.84. The molecule has 0 N–H and O–H groups in total. The Bertz CT molecular complexity index is 1050. The summed E-state index contributed by atoms with van der Waals surface area (Å²) < 4.78 is 0. The SMILES string of the molecule is Cc1c(CC(=O)C(C)C)cccc1CC(=O)C(C)C.Cc1c(CC(=O)C(C)C)cccc1N=C=O. The van der Waals surface area contributed by atoms with Gasteiger partial charge < -0.3 is 0 Å². The molecule has 0 aliphatic heterocycles. The first kappa shape index (κ1) is 29.9. The van der Waals surface area contributed by atoms with Gasteiger partial charge in [-0.2, -0.15) is 4.99 Å². The largest absolute Gasteiger partial charge is 0.299 e. The van der Waals surface area contributed by atoms with Crippen LogP contribution in [0.15, 0.2) is 41.4 Å². The second kappa shape index (κ2) is 14.3. The Labute approximate surface area is 210 Å². The van der Waals surface area contributed by atoms with Gasteiger partial charge in [0.1, 0.15) is 17.3 Å². The first-order chi connectivity index (χ1) is 16.4. The third-order valence-electron chi connectivity index (χ3n) is 6.17. The van der Waals surface area contributed by atoms with Crippen LogP contribution in [0.25, 0.3) is 0 Å². The number of hydrogen-bond donors (Lipinski definition) is 0. The molecule has 0 saturated heterocycles. The summed E-state index contributed by atoms with van der Waals surface area (Å²) in [5.41, 5.74) is 5.57. The molecule has 0 aliphatic carbocycles. The van der Waals surface area contributed by atoms with Crippen molar-refractivity contribution in [2.24, 2.45) is 22.7 Å². The highest BCUT2D eigenvalue weighted by Crippen LogP contribution is 2.22. The molecule has 2 rings (SSSR count). The Kier molecular flexibility index (Phi) is 12.2. The fraction of sp³-hybridized carbons (Fsp3) is 0.467. The molecule has 0 atom stereocenters. The standard InChI is InChI=1S/C17H24O2.C13H15NO2/c1-11(2)16(18)9-14-7-6-8-15(13(14)5)10-17(19)12(3)4;1-9(2)13(16)7-11-5-4-6-12(10(11)3)14-8-15/h6-8,11-12H,9-10H2,1-5H3;4-6,9H,7H2,1-3H3. The second-order valence-corrected chi connectivity index (χ2v) is 9.86. The maximum absolute atomic E-state index is 11.8. The molecule has 188 valence electrons. The quantitative estimate of drug-likeness (QED) is 0.299. The average Bonchev–Trinajstić information content (AvgIpc) is 2.79. The van der Waals surface area contributed by atoms with Crippen LogP contribution < -0.4 is 0 Å². The zero-order valence-electron chi connectivity index (χ0n) is 22.4. The fourth-order valence-corrected chi connectivity index (χ4v) is 3.33. The fourth-order valence-electron chi connectivity index (χ4n) is 3.33. The predicted molar refractivity (Wildman–Crippen MR) is 141 cm³/mol. The molecule has 0 radical (unpaired) electrons. The molecule has 5 heteroatoms. The van der Waals surface area contributed by atoms with Gasteiger partial charge in [-0.1, -0.05) is 71.9 Å². The van der Waals surface area contributed by atoms with Crippen LogP contribution in [0, 0.1) is 31.6 Å². The minimum atomic E-state index is 0.0256. The molecular formula is C30H39NO4. The Morgan fingerprint density at radius 2 is 1.00 bits per heavy atom. The van der Waals surface area contributed by atoms with Gasteiger partial charge >= 0.3 is 0 Å². The Morgan fingerprint density at radius 3 is 1.34 bits per heavy atom. The van der Waals surface area contributed by atoms with E-state index in [9.17, 15) is 19.2 Å². The molecule has 0 aliphatic rings. The third kappa shape index (κ3) is 9.54. The van der Waals surface area contributed by atoms with Crippen molar-refractivity contribution in [3.8, 4) is 0 Å². The molecule has 35 heavy (non-hydrogen) atoms. The summed E-state index contributed by atoms with van der Waals surface area (Å²) in [6.45, 7) is 15.3. The van der Waals surface area contributed by atoms with E-state index in [2.05, 4.69) is 4.99 Å². The molecule has 5 nitrogen and oxygen atoms in total. The van der Waals surface area contributed by atoms with Crippen LogP contribution in [0.2, 0.25) is 0 Å². The Hall–Kier alpha value is -3.17. The van der Waals surface area contributed by atoms with E-state index in [-0.39, 0.29) is 35.1 Å². The number of hydrogen-bond acceptors (Lipinski definition) is 5. The van der Waals surface area contributed by atoms with E-state index in [4.69, 9.17) is 0 Å². The maximum atomic E-state index is 11.8. The highest BCUT2D eigenvalue weighted by molar-refractivity contribution is 5.85. The van der Waals surface area contributed by atoms with Gasteiger partial charge in [-0.3, -0.25) is 14.4 Å². The van der Waals surface area contributed by atoms with Crippen LogP contribution in [0.1, 0.15) is 69.4 Å². The first-order valence-electron chi connectivity index (χ1n) is 12.2. The number of aliphatic imine (C=N–C) groups is 1. The Morgan fingerprint density at radius 1 is 0.657 bits per heavy atom. The van der Waals surface area contributed by atoms with Crippen molar-refractivity contribution in [2.45, 2.75) is 74.7 Å². The number of ketones is 3. The molecule has 0 fully saturated rings. The van der Waals surface area contributed by atoms with Crippen molar-refractivity contribution in [1.82, 2.24) is 0 Å². The summed E-state index contributed by atoms with van der Waals surface area (Å²) in [5.74, 6) is 0.819. The van der Waals surface area contributed by atoms with Crippen LogP contribution in [-0.4, -0.2) is 23.4 Å². The van der Waals surface area contributed by atoms with E-state index in [1.807, 2.05) is 79.7 Å².